The Morgan fingerprint density at radius 3 is 2.45 bits per heavy atom. The monoisotopic (exact) mass is 433 g/mol. The molecule has 0 saturated carbocycles. The summed E-state index contributed by atoms with van der Waals surface area (Å²) in [5, 5.41) is 1.98. The lowest BCUT2D eigenvalue weighted by molar-refractivity contribution is -0.145. The minimum atomic E-state index is -2.45. The lowest BCUT2D eigenvalue weighted by Gasteiger charge is -2.54. The molecule has 0 radical (unpaired) electrons. The van der Waals surface area contributed by atoms with Crippen molar-refractivity contribution in [1.82, 2.24) is 10.2 Å². The van der Waals surface area contributed by atoms with Crippen molar-refractivity contribution in [2.75, 3.05) is 18.7 Å². The van der Waals surface area contributed by atoms with E-state index in [9.17, 15) is 19.2 Å². The average Bonchev–Trinajstić information content (AvgIpc) is 2.60. The topological polar surface area (TPSA) is 137 Å². The molecule has 1 rings (SSSR count). The van der Waals surface area contributed by atoms with E-state index in [2.05, 4.69) is 0 Å². The molecule has 3 N–H and O–H groups in total. The molecule has 0 bridgehead atoms. The first-order chi connectivity index (χ1) is 13.5. The van der Waals surface area contributed by atoms with E-state index in [0.717, 1.165) is 6.08 Å². The van der Waals surface area contributed by atoms with Crippen molar-refractivity contribution in [2.45, 2.75) is 46.4 Å². The Morgan fingerprint density at radius 2 is 1.93 bits per heavy atom. The Kier molecular flexibility index (Phi) is 9.60. The van der Waals surface area contributed by atoms with E-state index in [4.69, 9.17) is 18.8 Å². The number of nitrogens with two attached hydrogens (primary N) is 1. The first-order valence-corrected chi connectivity index (χ1v) is 11.1. The van der Waals surface area contributed by atoms with E-state index in [1.54, 1.807) is 25.8 Å². The zero-order chi connectivity index (χ0) is 22.2. The van der Waals surface area contributed by atoms with Crippen LogP contribution in [-0.4, -0.2) is 60.2 Å². The van der Waals surface area contributed by atoms with Crippen molar-refractivity contribution in [2.24, 2.45) is 17.6 Å². The van der Waals surface area contributed by atoms with Gasteiger partial charge in [0.15, 0.2) is 12.2 Å². The number of ether oxygens (including phenoxy) is 1. The van der Waals surface area contributed by atoms with Crippen LogP contribution in [0.2, 0.25) is 0 Å². The average molecular weight is 434 g/mol. The number of nitrogens with zero attached hydrogens (tertiary/aromatic N) is 1. The Hall–Kier alpha value is -2.11. The van der Waals surface area contributed by atoms with Gasteiger partial charge in [-0.25, -0.2) is 8.98 Å². The first-order valence-electron chi connectivity index (χ1n) is 9.25. The highest BCUT2D eigenvalue weighted by atomic mass is 32.3. The second-order valence-electron chi connectivity index (χ2n) is 7.47. The lowest BCUT2D eigenvalue weighted by Crippen LogP contribution is -2.50. The van der Waals surface area contributed by atoms with Gasteiger partial charge in [0.2, 0.25) is 6.41 Å². The van der Waals surface area contributed by atoms with Crippen LogP contribution >= 0.6 is 10.6 Å². The fourth-order valence-corrected chi connectivity index (χ4v) is 4.39. The molecule has 1 aliphatic rings. The molecule has 1 fully saturated rings. The van der Waals surface area contributed by atoms with Crippen molar-refractivity contribution >= 4 is 34.8 Å². The van der Waals surface area contributed by atoms with Gasteiger partial charge >= 0.3 is 11.9 Å². The molecule has 1 heterocycles. The molecule has 0 aromatic carbocycles. The van der Waals surface area contributed by atoms with Crippen molar-refractivity contribution in [3.05, 3.63) is 12.3 Å². The van der Waals surface area contributed by atoms with Crippen LogP contribution in [0.15, 0.2) is 12.3 Å². The van der Waals surface area contributed by atoms with Gasteiger partial charge in [-0.15, -0.1) is 10.6 Å². The zero-order valence-electron chi connectivity index (χ0n) is 17.5. The SMILES string of the molecule is CC(C)CC(=O)OCS1(OC(=O)C(N)C(C)C)CC(N(C)/C=C\C(=O)NC=O)O1. The maximum atomic E-state index is 12.3. The third-order valence-electron chi connectivity index (χ3n) is 4.00. The third kappa shape index (κ3) is 8.03. The van der Waals surface area contributed by atoms with E-state index in [1.165, 1.54) is 6.20 Å². The maximum Gasteiger partial charge on any atom is 0.344 e. The van der Waals surface area contributed by atoms with Crippen LogP contribution < -0.4 is 11.1 Å². The number of carbonyl (C=O) groups is 4. The number of rotatable bonds is 11. The van der Waals surface area contributed by atoms with Gasteiger partial charge in [-0.2, -0.15) is 0 Å². The summed E-state index contributed by atoms with van der Waals surface area (Å²) in [6, 6.07) is -0.821. The van der Waals surface area contributed by atoms with Crippen LogP contribution in [0.5, 0.6) is 0 Å². The molecular formula is C18H31N3O7S. The molecule has 0 aliphatic carbocycles. The molecule has 3 unspecified atom stereocenters. The second kappa shape index (κ2) is 11.2. The molecule has 0 aromatic rings. The van der Waals surface area contributed by atoms with Gasteiger partial charge in [0.05, 0.1) is 5.75 Å². The number of amides is 2. The van der Waals surface area contributed by atoms with Crippen molar-refractivity contribution in [3.8, 4) is 0 Å². The molecule has 29 heavy (non-hydrogen) atoms. The molecule has 10 nitrogen and oxygen atoms in total. The van der Waals surface area contributed by atoms with Crippen LogP contribution in [0.1, 0.15) is 34.1 Å². The number of esters is 1. The summed E-state index contributed by atoms with van der Waals surface area (Å²) in [6.07, 6.45) is 2.63. The molecule has 1 aliphatic heterocycles. The summed E-state index contributed by atoms with van der Waals surface area (Å²) < 4.78 is 16.6. The fourth-order valence-electron chi connectivity index (χ4n) is 2.16. The normalized spacial score (nSPS) is 24.3. The smallest absolute Gasteiger partial charge is 0.344 e. The predicted octanol–water partition coefficient (Wildman–Crippen LogP) is 0.769. The Balaban J connectivity index is 2.76. The molecule has 2 amide bonds. The molecule has 0 spiro atoms. The molecule has 3 atom stereocenters. The second-order valence-corrected chi connectivity index (χ2v) is 9.89. The van der Waals surface area contributed by atoms with Crippen molar-refractivity contribution in [1.29, 1.82) is 0 Å². The maximum absolute atomic E-state index is 12.3. The number of carbonyl (C=O) groups excluding carboxylic acids is 4. The van der Waals surface area contributed by atoms with Gasteiger partial charge in [-0.05, 0) is 11.8 Å². The number of hydrogen-bond acceptors (Lipinski definition) is 9. The Morgan fingerprint density at radius 1 is 1.31 bits per heavy atom. The summed E-state index contributed by atoms with van der Waals surface area (Å²) in [4.78, 5) is 47.4. The van der Waals surface area contributed by atoms with Crippen molar-refractivity contribution in [3.63, 3.8) is 0 Å². The van der Waals surface area contributed by atoms with Crippen molar-refractivity contribution < 1.29 is 32.3 Å². The highest BCUT2D eigenvalue weighted by Gasteiger charge is 2.45. The van der Waals surface area contributed by atoms with E-state index in [-0.39, 0.29) is 36.4 Å². The van der Waals surface area contributed by atoms with Crippen LogP contribution in [0.25, 0.3) is 0 Å². The quantitative estimate of drug-likeness (QED) is 0.275. The standard InChI is InChI=1S/C18H31N3O7S/c1-12(2)8-16(24)26-11-29(28-18(25)17(19)13(3)4)9-15(27-29)21(5)7-6-14(23)20-10-22/h6-7,10,12-13,15,17H,8-9,11,19H2,1-5H3,(H,20,22,23)/b7-6-. The van der Waals surface area contributed by atoms with Crippen LogP contribution in [0.3, 0.4) is 0 Å². The number of imide groups is 1. The Labute approximate surface area is 172 Å². The first kappa shape index (κ1) is 24.9. The fraction of sp³-hybridized carbons (Fsp3) is 0.667. The van der Waals surface area contributed by atoms with Gasteiger partial charge in [0.1, 0.15) is 6.04 Å². The minimum Gasteiger partial charge on any atom is -0.444 e. The highest BCUT2D eigenvalue weighted by Crippen LogP contribution is 2.60. The number of hydrogen-bond donors (Lipinski definition) is 2. The van der Waals surface area contributed by atoms with Crippen LogP contribution in [0.4, 0.5) is 0 Å². The predicted molar refractivity (Wildman–Crippen MR) is 108 cm³/mol. The van der Waals surface area contributed by atoms with E-state index < -0.39 is 40.7 Å². The molecule has 166 valence electrons. The van der Waals surface area contributed by atoms with Crippen LogP contribution in [-0.2, 0) is 32.3 Å². The summed E-state index contributed by atoms with van der Waals surface area (Å²) in [5.41, 5.74) is 5.85. The highest BCUT2D eigenvalue weighted by molar-refractivity contribution is 8.27. The summed E-state index contributed by atoms with van der Waals surface area (Å²) in [7, 11) is -0.795. The molecular weight excluding hydrogens is 402 g/mol. The molecule has 11 heteroatoms. The van der Waals surface area contributed by atoms with Crippen LogP contribution in [0, 0.1) is 11.8 Å². The zero-order valence-corrected chi connectivity index (χ0v) is 18.3. The van der Waals surface area contributed by atoms with Gasteiger partial charge in [-0.1, -0.05) is 27.7 Å². The summed E-state index contributed by atoms with van der Waals surface area (Å²) in [6.45, 7) is 7.38. The van der Waals surface area contributed by atoms with Gasteiger partial charge in [0.25, 0.3) is 5.91 Å². The Bertz CT molecular complexity index is 633. The number of nitrogens with one attached hydrogen (secondary N) is 1. The molecule has 0 aromatic heterocycles. The lowest BCUT2D eigenvalue weighted by atomic mass is 10.1. The third-order valence-corrected chi connectivity index (χ3v) is 6.31. The van der Waals surface area contributed by atoms with Gasteiger partial charge in [0, 0.05) is 25.7 Å². The van der Waals surface area contributed by atoms with Gasteiger partial charge in [-0.3, -0.25) is 19.7 Å². The van der Waals surface area contributed by atoms with E-state index in [1.807, 2.05) is 19.2 Å². The minimum absolute atomic E-state index is 0.125. The largest absolute Gasteiger partial charge is 0.444 e. The molecule has 1 saturated heterocycles. The van der Waals surface area contributed by atoms with Gasteiger partial charge < -0.3 is 19.6 Å². The van der Waals surface area contributed by atoms with E-state index >= 15 is 0 Å². The summed E-state index contributed by atoms with van der Waals surface area (Å²) >= 11 is 0. The van der Waals surface area contributed by atoms with E-state index in [0.29, 0.717) is 0 Å². The summed E-state index contributed by atoms with van der Waals surface area (Å²) in [5.74, 6) is -1.47.